The van der Waals surface area contributed by atoms with E-state index in [2.05, 4.69) is 25.8 Å². The second-order valence-electron chi connectivity index (χ2n) is 10.1. The summed E-state index contributed by atoms with van der Waals surface area (Å²) < 4.78 is 47.6. The first-order valence-corrected chi connectivity index (χ1v) is 14.1. The number of carboxylic acids is 1. The summed E-state index contributed by atoms with van der Waals surface area (Å²) in [6, 6.07) is 14.0. The number of nitrogens with zero attached hydrogens (tertiary/aromatic N) is 4. The Morgan fingerprint density at radius 2 is 1.73 bits per heavy atom. The largest absolute Gasteiger partial charge is 0.493 e. The van der Waals surface area contributed by atoms with Crippen molar-refractivity contribution >= 4 is 34.7 Å². The topological polar surface area (TPSA) is 144 Å². The number of morpholine rings is 1. The molecule has 2 N–H and O–H groups in total. The Balaban J connectivity index is 1.92. The quantitative estimate of drug-likeness (QED) is 0.306. The number of para-hydroxylation sites is 2. The van der Waals surface area contributed by atoms with Gasteiger partial charge in [0.05, 0.1) is 32.4 Å². The molecule has 13 heteroatoms. The Bertz CT molecular complexity index is 1370. The first-order chi connectivity index (χ1) is 19.6. The van der Waals surface area contributed by atoms with Crippen LogP contribution in [0, 0.1) is 0 Å². The number of hydrogen-bond donors (Lipinski definition) is 2. The number of anilines is 3. The molecule has 2 aromatic carbocycles. The Morgan fingerprint density at radius 1 is 1.07 bits per heavy atom. The fourth-order valence-electron chi connectivity index (χ4n) is 4.07. The van der Waals surface area contributed by atoms with Crippen LogP contribution >= 0.6 is 0 Å². The lowest BCUT2D eigenvalue weighted by Gasteiger charge is -2.29. The van der Waals surface area contributed by atoms with Crippen LogP contribution in [0.4, 0.5) is 17.5 Å². The van der Waals surface area contributed by atoms with Gasteiger partial charge in [0.15, 0.2) is 17.3 Å². The summed E-state index contributed by atoms with van der Waals surface area (Å²) in [5, 5.41) is 9.20. The molecule has 0 saturated carbocycles. The van der Waals surface area contributed by atoms with Gasteiger partial charge < -0.3 is 29.0 Å². The number of carboxylic acid groups (broad SMARTS) is 1. The maximum atomic E-state index is 13.0. The Hall–Kier alpha value is -3.94. The molecule has 2 heterocycles. The molecule has 0 spiro atoms. The van der Waals surface area contributed by atoms with Crippen molar-refractivity contribution in [2.45, 2.75) is 32.6 Å². The van der Waals surface area contributed by atoms with Crippen LogP contribution < -0.4 is 23.4 Å². The molecule has 0 amide bonds. The summed E-state index contributed by atoms with van der Waals surface area (Å²) in [5.74, 6) is -0.418. The Kier molecular flexibility index (Phi) is 9.63. The molecular formula is C28H34N4O8S. The molecule has 1 unspecified atom stereocenters. The average molecular weight is 587 g/mol. The Labute approximate surface area is 241 Å². The molecule has 1 atom stereocenters. The Morgan fingerprint density at radius 3 is 2.32 bits per heavy atom. The van der Waals surface area contributed by atoms with Gasteiger partial charge in [-0.2, -0.15) is 9.97 Å². The summed E-state index contributed by atoms with van der Waals surface area (Å²) in [6.45, 7) is 7.83. The summed E-state index contributed by atoms with van der Waals surface area (Å²) in [7, 11) is 1.48. The van der Waals surface area contributed by atoms with Crippen molar-refractivity contribution in [1.29, 1.82) is 0 Å². The van der Waals surface area contributed by atoms with Crippen molar-refractivity contribution in [1.82, 2.24) is 9.97 Å². The van der Waals surface area contributed by atoms with E-state index in [1.807, 2.05) is 17.0 Å². The molecule has 1 aromatic heterocycles. The van der Waals surface area contributed by atoms with Crippen LogP contribution in [0.25, 0.3) is 0 Å². The first kappa shape index (κ1) is 30.0. The van der Waals surface area contributed by atoms with Crippen LogP contribution in [-0.2, 0) is 26.2 Å². The van der Waals surface area contributed by atoms with Gasteiger partial charge in [-0.15, -0.1) is 0 Å². The molecule has 41 heavy (non-hydrogen) atoms. The summed E-state index contributed by atoms with van der Waals surface area (Å²) >= 11 is -2.60. The lowest BCUT2D eigenvalue weighted by atomic mass is 9.87. The molecule has 4 rings (SSSR count). The third-order valence-electron chi connectivity index (χ3n) is 6.25. The number of ether oxygens (including phenoxy) is 4. The van der Waals surface area contributed by atoms with Gasteiger partial charge in [-0.3, -0.25) is 9.35 Å². The number of hydrogen-bond acceptors (Lipinski definition) is 9. The number of methoxy groups -OCH3 is 1. The fourth-order valence-corrected chi connectivity index (χ4v) is 4.64. The highest BCUT2D eigenvalue weighted by Gasteiger charge is 2.30. The summed E-state index contributed by atoms with van der Waals surface area (Å²) in [6.07, 6.45) is -0.301. The van der Waals surface area contributed by atoms with Crippen LogP contribution in [0.2, 0.25) is 0 Å². The lowest BCUT2D eigenvalue weighted by molar-refractivity contribution is -0.137. The van der Waals surface area contributed by atoms with Crippen molar-refractivity contribution in [2.24, 2.45) is 0 Å². The van der Waals surface area contributed by atoms with Gasteiger partial charge in [0.2, 0.25) is 11.7 Å². The molecule has 0 bridgehead atoms. The van der Waals surface area contributed by atoms with E-state index in [0.717, 1.165) is 9.87 Å². The van der Waals surface area contributed by atoms with Gasteiger partial charge in [0.1, 0.15) is 6.61 Å². The molecule has 1 fully saturated rings. The molecule has 12 nitrogen and oxygen atoms in total. The number of carbonyl (C=O) groups is 1. The number of rotatable bonds is 11. The van der Waals surface area contributed by atoms with Crippen LogP contribution in [0.1, 0.15) is 32.8 Å². The monoisotopic (exact) mass is 586 g/mol. The smallest absolute Gasteiger partial charge is 0.306 e. The molecule has 220 valence electrons. The molecule has 1 aliphatic rings. The van der Waals surface area contributed by atoms with Crippen LogP contribution in [0.15, 0.2) is 48.5 Å². The lowest BCUT2D eigenvalue weighted by Crippen LogP contribution is -2.37. The molecule has 0 aliphatic carbocycles. The SMILES string of the molecule is COc1ccccc1Oc1c(OCCC(=O)O)nc(N2CCOCC2)nc1N(c1ccc(C(C)(C)C)cc1)S(=O)O. The van der Waals surface area contributed by atoms with Crippen LogP contribution in [0.3, 0.4) is 0 Å². The van der Waals surface area contributed by atoms with E-state index in [4.69, 9.17) is 23.9 Å². The number of aromatic nitrogens is 2. The zero-order valence-electron chi connectivity index (χ0n) is 23.4. The minimum atomic E-state index is -2.60. The van der Waals surface area contributed by atoms with Gasteiger partial charge in [0.25, 0.3) is 17.1 Å². The van der Waals surface area contributed by atoms with Crippen molar-refractivity contribution in [3.63, 3.8) is 0 Å². The highest BCUT2D eigenvalue weighted by Crippen LogP contribution is 2.45. The molecule has 0 radical (unpaired) electrons. The van der Waals surface area contributed by atoms with Gasteiger partial charge in [-0.05, 0) is 35.2 Å². The van der Waals surface area contributed by atoms with E-state index >= 15 is 0 Å². The predicted molar refractivity (Wildman–Crippen MR) is 154 cm³/mol. The van der Waals surface area contributed by atoms with Crippen molar-refractivity contribution in [3.8, 4) is 23.1 Å². The second kappa shape index (κ2) is 13.1. The van der Waals surface area contributed by atoms with E-state index in [9.17, 15) is 18.7 Å². The molecule has 1 aliphatic heterocycles. The van der Waals surface area contributed by atoms with E-state index in [-0.39, 0.29) is 47.6 Å². The number of aliphatic carboxylic acids is 1. The fraction of sp³-hybridized carbons (Fsp3) is 0.393. The molecule has 3 aromatic rings. The van der Waals surface area contributed by atoms with Gasteiger partial charge in [-0.1, -0.05) is 45.0 Å². The van der Waals surface area contributed by atoms with Crippen LogP contribution in [0.5, 0.6) is 23.1 Å². The predicted octanol–water partition coefficient (Wildman–Crippen LogP) is 4.54. The van der Waals surface area contributed by atoms with Crippen molar-refractivity contribution < 1.29 is 37.6 Å². The summed E-state index contributed by atoms with van der Waals surface area (Å²) in [5.41, 5.74) is 1.26. The number of benzene rings is 2. The summed E-state index contributed by atoms with van der Waals surface area (Å²) in [4.78, 5) is 22.3. The van der Waals surface area contributed by atoms with E-state index < -0.39 is 17.2 Å². The highest BCUT2D eigenvalue weighted by molar-refractivity contribution is 7.81. The van der Waals surface area contributed by atoms with Gasteiger partial charge in [-0.25, -0.2) is 8.51 Å². The minimum absolute atomic E-state index is 0.0536. The minimum Gasteiger partial charge on any atom is -0.493 e. The van der Waals surface area contributed by atoms with Crippen molar-refractivity contribution in [2.75, 3.05) is 49.2 Å². The highest BCUT2D eigenvalue weighted by atomic mass is 32.2. The second-order valence-corrected chi connectivity index (χ2v) is 11.0. The third kappa shape index (κ3) is 7.43. The van der Waals surface area contributed by atoms with E-state index in [1.165, 1.54) is 7.11 Å². The van der Waals surface area contributed by atoms with E-state index in [1.54, 1.807) is 36.4 Å². The first-order valence-electron chi connectivity index (χ1n) is 13.0. The van der Waals surface area contributed by atoms with E-state index in [0.29, 0.717) is 37.7 Å². The molecule has 1 saturated heterocycles. The normalized spacial score (nSPS) is 14.3. The maximum Gasteiger partial charge on any atom is 0.306 e. The third-order valence-corrected chi connectivity index (χ3v) is 6.95. The molecular weight excluding hydrogens is 552 g/mol. The van der Waals surface area contributed by atoms with Crippen molar-refractivity contribution in [3.05, 3.63) is 54.1 Å². The van der Waals surface area contributed by atoms with Gasteiger partial charge >= 0.3 is 5.97 Å². The maximum absolute atomic E-state index is 13.0. The van der Waals surface area contributed by atoms with Gasteiger partial charge in [0, 0.05) is 13.1 Å². The average Bonchev–Trinajstić information content (AvgIpc) is 2.94. The van der Waals surface area contributed by atoms with Crippen LogP contribution in [-0.4, -0.2) is 69.8 Å². The zero-order valence-corrected chi connectivity index (χ0v) is 24.2. The zero-order chi connectivity index (χ0) is 29.6. The standard InChI is InChI=1S/C28H34N4O8S/c1-28(2,3)19-9-11-20(12-10-19)32(41(35)36)25-24(40-22-8-6-5-7-21(22)37-4)26(39-16-13-23(33)34)30-27(29-25)31-14-17-38-18-15-31/h5-12H,13-18H2,1-4H3,(H,33,34)(H,35,36).